The fraction of sp³-hybridized carbons (Fsp3) is 0.591. The van der Waals surface area contributed by atoms with E-state index in [0.717, 1.165) is 0 Å². The Morgan fingerprint density at radius 3 is 2.60 bits per heavy atom. The molecule has 0 amide bonds. The maximum atomic E-state index is 12.5. The van der Waals surface area contributed by atoms with E-state index in [9.17, 15) is 19.5 Å². The van der Waals surface area contributed by atoms with Crippen molar-refractivity contribution in [3.05, 3.63) is 35.5 Å². The minimum absolute atomic E-state index is 0.00654. The van der Waals surface area contributed by atoms with Gasteiger partial charge in [0.05, 0.1) is 11.5 Å². The van der Waals surface area contributed by atoms with E-state index in [2.05, 4.69) is 6.58 Å². The van der Waals surface area contributed by atoms with E-state index in [4.69, 9.17) is 18.9 Å². The van der Waals surface area contributed by atoms with Gasteiger partial charge in [-0.15, -0.1) is 0 Å². The number of hydrogen-bond donors (Lipinski definition) is 1. The first kappa shape index (κ1) is 22.2. The van der Waals surface area contributed by atoms with Gasteiger partial charge in [0, 0.05) is 24.5 Å². The fourth-order valence-electron chi connectivity index (χ4n) is 4.10. The number of esters is 3. The van der Waals surface area contributed by atoms with Gasteiger partial charge in [0.2, 0.25) is 0 Å². The summed E-state index contributed by atoms with van der Waals surface area (Å²) in [6, 6.07) is 0. The van der Waals surface area contributed by atoms with Crippen LogP contribution in [0.3, 0.4) is 0 Å². The van der Waals surface area contributed by atoms with Crippen LogP contribution in [0.1, 0.15) is 41.0 Å². The van der Waals surface area contributed by atoms with Gasteiger partial charge in [-0.25, -0.2) is 9.59 Å². The first-order chi connectivity index (χ1) is 14.0. The average molecular weight is 420 g/mol. The average Bonchev–Trinajstić information content (AvgIpc) is 3.40. The number of carbonyl (C=O) groups is 3. The Bertz CT molecular complexity index is 836. The molecule has 0 spiro atoms. The van der Waals surface area contributed by atoms with Crippen molar-refractivity contribution < 1.29 is 38.4 Å². The summed E-state index contributed by atoms with van der Waals surface area (Å²) in [5, 5.41) is 11.1. The molecule has 0 unspecified atom stereocenters. The summed E-state index contributed by atoms with van der Waals surface area (Å²) in [6.45, 7) is 11.8. The monoisotopic (exact) mass is 420 g/mol. The van der Waals surface area contributed by atoms with Crippen molar-refractivity contribution in [3.8, 4) is 0 Å². The van der Waals surface area contributed by atoms with Gasteiger partial charge in [-0.1, -0.05) is 12.7 Å². The van der Waals surface area contributed by atoms with Crippen molar-refractivity contribution >= 4 is 17.9 Å². The smallest absolute Gasteiger partial charge is 0.334 e. The Hall–Kier alpha value is -2.45. The lowest BCUT2D eigenvalue weighted by Gasteiger charge is -2.33. The topological polar surface area (TPSA) is 112 Å². The fourth-order valence-corrected chi connectivity index (χ4v) is 4.10. The molecule has 164 valence electrons. The summed E-state index contributed by atoms with van der Waals surface area (Å²) in [5.41, 5.74) is -0.232. The minimum atomic E-state index is -1.41. The predicted molar refractivity (Wildman–Crippen MR) is 105 cm³/mol. The molecule has 8 heteroatoms. The van der Waals surface area contributed by atoms with Crippen molar-refractivity contribution in [2.45, 2.75) is 77.2 Å². The molecule has 2 fully saturated rings. The van der Waals surface area contributed by atoms with Crippen LogP contribution in [0.5, 0.6) is 0 Å². The molecule has 8 nitrogen and oxygen atoms in total. The van der Waals surface area contributed by atoms with Gasteiger partial charge >= 0.3 is 17.9 Å². The molecule has 0 aromatic rings. The SMILES string of the molecule is C=C1C(=O)O[C@H]2/C=C(/C)[C@H](OC(C)=O)[C@@H]3O[C@H]3[C@@](C)(O)C[C@H](OC(=O)/C(C)=C\C)[C@H]12. The third-order valence-electron chi connectivity index (χ3n) is 5.90. The first-order valence-electron chi connectivity index (χ1n) is 9.93. The molecular formula is C22H28O8. The molecule has 2 aliphatic heterocycles. The van der Waals surface area contributed by atoms with Gasteiger partial charge in [-0.3, -0.25) is 4.79 Å². The number of hydrogen-bond acceptors (Lipinski definition) is 8. The second kappa shape index (κ2) is 8.00. The van der Waals surface area contributed by atoms with Gasteiger partial charge in [-0.2, -0.15) is 0 Å². The Kier molecular flexibility index (Phi) is 5.93. The van der Waals surface area contributed by atoms with Crippen LogP contribution in [0, 0.1) is 5.92 Å². The lowest BCUT2D eigenvalue weighted by molar-refractivity contribution is -0.152. The zero-order chi connectivity index (χ0) is 22.4. The summed E-state index contributed by atoms with van der Waals surface area (Å²) in [7, 11) is 0. The van der Waals surface area contributed by atoms with Crippen LogP contribution in [0.15, 0.2) is 35.5 Å². The molecule has 3 aliphatic rings. The highest BCUT2D eigenvalue weighted by atomic mass is 16.6. The summed E-state index contributed by atoms with van der Waals surface area (Å²) < 4.78 is 22.3. The molecule has 1 aliphatic carbocycles. The normalized spacial score (nSPS) is 40.3. The molecule has 2 heterocycles. The molecule has 30 heavy (non-hydrogen) atoms. The van der Waals surface area contributed by atoms with E-state index < -0.39 is 59.9 Å². The predicted octanol–water partition coefficient (Wildman–Crippen LogP) is 1.76. The van der Waals surface area contributed by atoms with E-state index >= 15 is 0 Å². The molecule has 0 aromatic heterocycles. The number of epoxide rings is 1. The van der Waals surface area contributed by atoms with Crippen LogP contribution in [-0.4, -0.2) is 59.1 Å². The van der Waals surface area contributed by atoms with Gasteiger partial charge in [0.1, 0.15) is 24.4 Å². The summed E-state index contributed by atoms with van der Waals surface area (Å²) in [6.07, 6.45) is -0.261. The third kappa shape index (κ3) is 4.20. The molecular weight excluding hydrogens is 392 g/mol. The third-order valence-corrected chi connectivity index (χ3v) is 5.90. The van der Waals surface area contributed by atoms with Gasteiger partial charge < -0.3 is 24.1 Å². The van der Waals surface area contributed by atoms with Gasteiger partial charge in [0.25, 0.3) is 0 Å². The largest absolute Gasteiger partial charge is 0.458 e. The van der Waals surface area contributed by atoms with Crippen molar-refractivity contribution in [1.29, 1.82) is 0 Å². The van der Waals surface area contributed by atoms with Crippen molar-refractivity contribution in [2.75, 3.05) is 0 Å². The number of aliphatic hydroxyl groups is 1. The summed E-state index contributed by atoms with van der Waals surface area (Å²) in [4.78, 5) is 36.4. The standard InChI is InChI=1S/C22H28O8/c1-7-10(2)20(24)29-15-9-22(6,26)19-18(30-19)17(27-13(5)23)11(3)8-14-16(15)12(4)21(25)28-14/h7-8,14-19,26H,4,9H2,1-3,5-6H3/b10-7-,11-8-/t14-,15-,16+,17-,18-,19+,22-/m0/s1. The highest BCUT2D eigenvalue weighted by Crippen LogP contribution is 2.45. The van der Waals surface area contributed by atoms with E-state index in [1.807, 2.05) is 0 Å². The number of ether oxygens (including phenoxy) is 4. The molecule has 2 saturated heterocycles. The molecule has 0 bridgehead atoms. The lowest BCUT2D eigenvalue weighted by atomic mass is 9.80. The highest BCUT2D eigenvalue weighted by Gasteiger charge is 2.59. The van der Waals surface area contributed by atoms with Crippen LogP contribution < -0.4 is 0 Å². The van der Waals surface area contributed by atoms with Crippen molar-refractivity contribution in [2.24, 2.45) is 5.92 Å². The number of allylic oxidation sites excluding steroid dienone is 1. The lowest BCUT2D eigenvalue weighted by Crippen LogP contribution is -2.45. The van der Waals surface area contributed by atoms with Crippen molar-refractivity contribution in [1.82, 2.24) is 0 Å². The quantitative estimate of drug-likeness (QED) is 0.242. The zero-order valence-corrected chi connectivity index (χ0v) is 17.8. The van der Waals surface area contributed by atoms with E-state index in [1.54, 1.807) is 39.8 Å². The molecule has 3 rings (SSSR count). The first-order valence-corrected chi connectivity index (χ1v) is 9.93. The maximum absolute atomic E-state index is 12.5. The van der Waals surface area contributed by atoms with Crippen LogP contribution in [-0.2, 0) is 33.3 Å². The van der Waals surface area contributed by atoms with Crippen LogP contribution >= 0.6 is 0 Å². The number of fused-ring (bicyclic) bond motifs is 2. The molecule has 7 atom stereocenters. The Labute approximate surface area is 175 Å². The molecule has 0 radical (unpaired) electrons. The van der Waals surface area contributed by atoms with Gasteiger partial charge in [0.15, 0.2) is 6.10 Å². The van der Waals surface area contributed by atoms with E-state index in [-0.39, 0.29) is 12.0 Å². The number of rotatable bonds is 3. The molecule has 0 saturated carbocycles. The highest BCUT2D eigenvalue weighted by molar-refractivity contribution is 5.92. The second-order valence-corrected chi connectivity index (χ2v) is 8.36. The Morgan fingerprint density at radius 1 is 1.33 bits per heavy atom. The second-order valence-electron chi connectivity index (χ2n) is 8.36. The zero-order valence-electron chi connectivity index (χ0n) is 17.8. The van der Waals surface area contributed by atoms with Crippen LogP contribution in [0.25, 0.3) is 0 Å². The Morgan fingerprint density at radius 2 is 2.00 bits per heavy atom. The van der Waals surface area contributed by atoms with Gasteiger partial charge in [-0.05, 0) is 39.3 Å². The molecule has 1 N–H and O–H groups in total. The number of carbonyl (C=O) groups excluding carboxylic acids is 3. The van der Waals surface area contributed by atoms with E-state index in [1.165, 1.54) is 6.92 Å². The Balaban J connectivity index is 2.03. The summed E-state index contributed by atoms with van der Waals surface area (Å²) in [5.74, 6) is -2.33. The van der Waals surface area contributed by atoms with Crippen LogP contribution in [0.2, 0.25) is 0 Å². The minimum Gasteiger partial charge on any atom is -0.458 e. The van der Waals surface area contributed by atoms with Crippen LogP contribution in [0.4, 0.5) is 0 Å². The maximum Gasteiger partial charge on any atom is 0.334 e. The van der Waals surface area contributed by atoms with E-state index in [0.29, 0.717) is 11.1 Å². The summed E-state index contributed by atoms with van der Waals surface area (Å²) >= 11 is 0. The van der Waals surface area contributed by atoms with Crippen molar-refractivity contribution in [3.63, 3.8) is 0 Å². The molecule has 0 aromatic carbocycles.